The van der Waals surface area contributed by atoms with Gasteiger partial charge in [0.1, 0.15) is 0 Å². The Morgan fingerprint density at radius 3 is 1.93 bits per heavy atom. The first kappa shape index (κ1) is 11.2. The predicted molar refractivity (Wildman–Crippen MR) is 60.8 cm³/mol. The van der Waals surface area contributed by atoms with Crippen LogP contribution in [-0.2, 0) is 6.54 Å². The van der Waals surface area contributed by atoms with Crippen molar-refractivity contribution < 1.29 is 0 Å². The highest BCUT2D eigenvalue weighted by Crippen LogP contribution is 2.14. The maximum absolute atomic E-state index is 5.53. The molecule has 0 saturated heterocycles. The first-order valence-corrected chi connectivity index (χ1v) is 5.32. The van der Waals surface area contributed by atoms with Gasteiger partial charge in [0.15, 0.2) is 0 Å². The second kappa shape index (κ2) is 6.57. The molecule has 0 atom stereocenters. The SMILES string of the molecule is NC1CCCC1.NCc1ccccc1. The molecule has 0 aromatic heterocycles. The van der Waals surface area contributed by atoms with Gasteiger partial charge in [0.2, 0.25) is 0 Å². The first-order valence-electron chi connectivity index (χ1n) is 5.32. The van der Waals surface area contributed by atoms with Crippen LogP contribution in [0.2, 0.25) is 0 Å². The molecule has 0 bridgehead atoms. The van der Waals surface area contributed by atoms with E-state index in [4.69, 9.17) is 11.5 Å². The summed E-state index contributed by atoms with van der Waals surface area (Å²) in [6.45, 7) is 0.640. The highest BCUT2D eigenvalue weighted by atomic mass is 14.6. The summed E-state index contributed by atoms with van der Waals surface area (Å²) in [6.07, 6.45) is 5.25. The second-order valence-corrected chi connectivity index (χ2v) is 3.73. The Hall–Kier alpha value is -0.860. The Labute approximate surface area is 86.3 Å². The third kappa shape index (κ3) is 4.40. The molecule has 1 aromatic rings. The molecule has 4 N–H and O–H groups in total. The van der Waals surface area contributed by atoms with Gasteiger partial charge >= 0.3 is 0 Å². The van der Waals surface area contributed by atoms with E-state index in [2.05, 4.69) is 0 Å². The van der Waals surface area contributed by atoms with Gasteiger partial charge in [0.05, 0.1) is 0 Å². The van der Waals surface area contributed by atoms with Crippen LogP contribution in [0.3, 0.4) is 0 Å². The Morgan fingerprint density at radius 2 is 1.64 bits per heavy atom. The van der Waals surface area contributed by atoms with Crippen LogP contribution in [0.25, 0.3) is 0 Å². The fourth-order valence-electron chi connectivity index (χ4n) is 1.57. The van der Waals surface area contributed by atoms with E-state index >= 15 is 0 Å². The summed E-state index contributed by atoms with van der Waals surface area (Å²) >= 11 is 0. The highest BCUT2D eigenvalue weighted by molar-refractivity contribution is 5.13. The third-order valence-electron chi connectivity index (χ3n) is 2.48. The lowest BCUT2D eigenvalue weighted by atomic mass is 10.2. The normalized spacial score (nSPS) is 16.1. The number of hydrogen-bond donors (Lipinski definition) is 2. The van der Waals surface area contributed by atoms with E-state index < -0.39 is 0 Å². The van der Waals surface area contributed by atoms with Crippen molar-refractivity contribution in [2.75, 3.05) is 0 Å². The first-order chi connectivity index (χ1) is 6.83. The topological polar surface area (TPSA) is 52.0 Å². The Morgan fingerprint density at radius 1 is 1.07 bits per heavy atom. The van der Waals surface area contributed by atoms with Gasteiger partial charge in [0.25, 0.3) is 0 Å². The van der Waals surface area contributed by atoms with Crippen molar-refractivity contribution in [3.05, 3.63) is 35.9 Å². The van der Waals surface area contributed by atoms with Gasteiger partial charge in [-0.1, -0.05) is 43.2 Å². The van der Waals surface area contributed by atoms with Crippen molar-refractivity contribution >= 4 is 0 Å². The van der Waals surface area contributed by atoms with E-state index in [-0.39, 0.29) is 0 Å². The van der Waals surface area contributed by atoms with Gasteiger partial charge in [0, 0.05) is 12.6 Å². The summed E-state index contributed by atoms with van der Waals surface area (Å²) < 4.78 is 0. The Kier molecular flexibility index (Phi) is 5.27. The lowest BCUT2D eigenvalue weighted by molar-refractivity contribution is 0.704. The zero-order chi connectivity index (χ0) is 10.2. The minimum absolute atomic E-state index is 0.546. The molecule has 1 aromatic carbocycles. The number of nitrogens with two attached hydrogens (primary N) is 2. The molecule has 0 unspecified atom stereocenters. The summed E-state index contributed by atoms with van der Waals surface area (Å²) in [4.78, 5) is 0. The molecule has 78 valence electrons. The summed E-state index contributed by atoms with van der Waals surface area (Å²) in [6, 6.07) is 10.5. The molecule has 0 spiro atoms. The number of hydrogen-bond acceptors (Lipinski definition) is 2. The van der Waals surface area contributed by atoms with Crippen LogP contribution in [-0.4, -0.2) is 6.04 Å². The minimum Gasteiger partial charge on any atom is -0.328 e. The molecule has 0 heterocycles. The van der Waals surface area contributed by atoms with Gasteiger partial charge < -0.3 is 11.5 Å². The highest BCUT2D eigenvalue weighted by Gasteiger charge is 2.07. The van der Waals surface area contributed by atoms with Crippen molar-refractivity contribution in [3.63, 3.8) is 0 Å². The van der Waals surface area contributed by atoms with E-state index in [1.54, 1.807) is 0 Å². The molecular formula is C12H20N2. The Bertz CT molecular complexity index is 227. The second-order valence-electron chi connectivity index (χ2n) is 3.73. The largest absolute Gasteiger partial charge is 0.328 e. The van der Waals surface area contributed by atoms with E-state index in [9.17, 15) is 0 Å². The van der Waals surface area contributed by atoms with Gasteiger partial charge in [-0.05, 0) is 18.4 Å². The molecule has 1 aliphatic carbocycles. The third-order valence-corrected chi connectivity index (χ3v) is 2.48. The zero-order valence-electron chi connectivity index (χ0n) is 8.65. The van der Waals surface area contributed by atoms with Crippen LogP contribution in [0, 0.1) is 0 Å². The standard InChI is InChI=1S/C7H9N.C5H11N/c8-6-7-4-2-1-3-5-7;6-5-3-1-2-4-5/h1-5H,6,8H2;5H,1-4,6H2. The lowest BCUT2D eigenvalue weighted by Crippen LogP contribution is -2.13. The van der Waals surface area contributed by atoms with Crippen molar-refractivity contribution in [3.8, 4) is 0 Å². The van der Waals surface area contributed by atoms with Gasteiger partial charge in [-0.15, -0.1) is 0 Å². The molecule has 0 radical (unpaired) electrons. The van der Waals surface area contributed by atoms with Gasteiger partial charge in [-0.2, -0.15) is 0 Å². The smallest absolute Gasteiger partial charge is 0.0178 e. The number of rotatable bonds is 1. The minimum atomic E-state index is 0.546. The van der Waals surface area contributed by atoms with E-state index in [0.717, 1.165) is 0 Å². The fourth-order valence-corrected chi connectivity index (χ4v) is 1.57. The van der Waals surface area contributed by atoms with Crippen LogP contribution < -0.4 is 11.5 Å². The molecule has 1 fully saturated rings. The maximum atomic E-state index is 5.53. The van der Waals surface area contributed by atoms with E-state index in [0.29, 0.717) is 12.6 Å². The molecule has 0 aliphatic heterocycles. The van der Waals surface area contributed by atoms with Gasteiger partial charge in [-0.3, -0.25) is 0 Å². The van der Waals surface area contributed by atoms with Crippen molar-refractivity contribution in [1.82, 2.24) is 0 Å². The quantitative estimate of drug-likeness (QED) is 0.715. The van der Waals surface area contributed by atoms with Crippen LogP contribution >= 0.6 is 0 Å². The van der Waals surface area contributed by atoms with Crippen LogP contribution in [0.5, 0.6) is 0 Å². The van der Waals surface area contributed by atoms with E-state index in [1.807, 2.05) is 30.3 Å². The molecule has 14 heavy (non-hydrogen) atoms. The van der Waals surface area contributed by atoms with Crippen LogP contribution in [0.1, 0.15) is 31.2 Å². The van der Waals surface area contributed by atoms with Crippen molar-refractivity contribution in [2.24, 2.45) is 11.5 Å². The van der Waals surface area contributed by atoms with Crippen LogP contribution in [0.4, 0.5) is 0 Å². The summed E-state index contributed by atoms with van der Waals surface area (Å²) in [7, 11) is 0. The average molecular weight is 192 g/mol. The summed E-state index contributed by atoms with van der Waals surface area (Å²) in [5.74, 6) is 0. The zero-order valence-corrected chi connectivity index (χ0v) is 8.65. The molecule has 1 aliphatic rings. The monoisotopic (exact) mass is 192 g/mol. The summed E-state index contributed by atoms with van der Waals surface area (Å²) in [5.41, 5.74) is 12.1. The predicted octanol–water partition coefficient (Wildman–Crippen LogP) is 2.03. The molecule has 2 nitrogen and oxygen atoms in total. The Balaban J connectivity index is 0.000000146. The lowest BCUT2D eigenvalue weighted by Gasteiger charge is -1.92. The van der Waals surface area contributed by atoms with E-state index in [1.165, 1.54) is 31.2 Å². The van der Waals surface area contributed by atoms with Crippen molar-refractivity contribution in [2.45, 2.75) is 38.3 Å². The summed E-state index contributed by atoms with van der Waals surface area (Å²) in [5, 5.41) is 0. The molecule has 2 heteroatoms. The average Bonchev–Trinajstić information content (AvgIpc) is 2.71. The van der Waals surface area contributed by atoms with Gasteiger partial charge in [-0.25, -0.2) is 0 Å². The molecular weight excluding hydrogens is 172 g/mol. The molecule has 0 amide bonds. The maximum Gasteiger partial charge on any atom is 0.0178 e. The van der Waals surface area contributed by atoms with Crippen LogP contribution in [0.15, 0.2) is 30.3 Å². The molecule has 1 saturated carbocycles. The fraction of sp³-hybridized carbons (Fsp3) is 0.500. The van der Waals surface area contributed by atoms with Crippen molar-refractivity contribution in [1.29, 1.82) is 0 Å². The molecule has 2 rings (SSSR count). The number of benzene rings is 1.